The van der Waals surface area contributed by atoms with Crippen LogP contribution in [0, 0.1) is 10.5 Å². The molecule has 1 amide bonds. The van der Waals surface area contributed by atoms with Crippen LogP contribution >= 0.6 is 34.2 Å². The molecule has 2 aromatic rings. The summed E-state index contributed by atoms with van der Waals surface area (Å²) in [5.41, 5.74) is 1.34. The molecular formula is C13H12ClIN2O2. The number of aromatic nitrogens is 1. The Labute approximate surface area is 129 Å². The number of benzene rings is 1. The van der Waals surface area contributed by atoms with Crippen LogP contribution in [0.15, 0.2) is 28.8 Å². The maximum absolute atomic E-state index is 12.2. The van der Waals surface area contributed by atoms with Gasteiger partial charge in [-0.25, -0.2) is 0 Å². The third kappa shape index (κ3) is 3.48. The average molecular weight is 391 g/mol. The molecule has 0 saturated heterocycles. The minimum absolute atomic E-state index is 0.0739. The number of amides is 1. The molecule has 0 aliphatic rings. The quantitative estimate of drug-likeness (QED) is 0.754. The molecule has 0 spiro atoms. The molecule has 4 nitrogen and oxygen atoms in total. The Balaban J connectivity index is 2.12. The van der Waals surface area contributed by atoms with Gasteiger partial charge in [-0.1, -0.05) is 16.8 Å². The highest BCUT2D eigenvalue weighted by molar-refractivity contribution is 14.1. The number of hydrogen-bond acceptors (Lipinski definition) is 3. The third-order valence-corrected chi connectivity index (χ3v) is 4.13. The molecule has 0 saturated carbocycles. The van der Waals surface area contributed by atoms with Crippen molar-refractivity contribution in [1.29, 1.82) is 0 Å². The second-order valence-corrected chi connectivity index (χ2v) is 5.79. The van der Waals surface area contributed by atoms with Crippen molar-refractivity contribution in [2.24, 2.45) is 0 Å². The van der Waals surface area contributed by atoms with E-state index in [1.54, 1.807) is 30.1 Å². The normalized spacial score (nSPS) is 10.5. The van der Waals surface area contributed by atoms with Gasteiger partial charge in [-0.05, 0) is 47.7 Å². The van der Waals surface area contributed by atoms with Gasteiger partial charge in [0.05, 0.1) is 11.6 Å². The summed E-state index contributed by atoms with van der Waals surface area (Å²) in [7, 11) is 1.73. The van der Waals surface area contributed by atoms with Crippen molar-refractivity contribution in [1.82, 2.24) is 10.1 Å². The van der Waals surface area contributed by atoms with Gasteiger partial charge in [-0.2, -0.15) is 0 Å². The van der Waals surface area contributed by atoms with E-state index in [1.165, 1.54) is 0 Å². The van der Waals surface area contributed by atoms with Crippen molar-refractivity contribution in [2.45, 2.75) is 13.5 Å². The number of halogens is 2. The standard InChI is InChI=1S/C13H12ClIN2O2/c1-8-5-10(16-19-8)7-17(2)13(18)9-3-4-11(14)12(15)6-9/h3-6H,7H2,1-2H3. The smallest absolute Gasteiger partial charge is 0.253 e. The van der Waals surface area contributed by atoms with Gasteiger partial charge >= 0.3 is 0 Å². The summed E-state index contributed by atoms with van der Waals surface area (Å²) in [6.07, 6.45) is 0. The Morgan fingerprint density at radius 2 is 2.21 bits per heavy atom. The maximum Gasteiger partial charge on any atom is 0.253 e. The van der Waals surface area contributed by atoms with Crippen molar-refractivity contribution in [3.05, 3.63) is 49.9 Å². The highest BCUT2D eigenvalue weighted by Crippen LogP contribution is 2.20. The van der Waals surface area contributed by atoms with Gasteiger partial charge in [0, 0.05) is 22.2 Å². The van der Waals surface area contributed by atoms with Crippen molar-refractivity contribution in [3.8, 4) is 0 Å². The zero-order valence-electron chi connectivity index (χ0n) is 10.5. The van der Waals surface area contributed by atoms with Crippen LogP contribution in [0.4, 0.5) is 0 Å². The zero-order valence-corrected chi connectivity index (χ0v) is 13.4. The SMILES string of the molecule is Cc1cc(CN(C)C(=O)c2ccc(Cl)c(I)c2)no1. The lowest BCUT2D eigenvalue weighted by Crippen LogP contribution is -2.26. The lowest BCUT2D eigenvalue weighted by molar-refractivity contribution is 0.0782. The van der Waals surface area contributed by atoms with E-state index < -0.39 is 0 Å². The van der Waals surface area contributed by atoms with Crippen LogP contribution in [0.1, 0.15) is 21.8 Å². The summed E-state index contributed by atoms with van der Waals surface area (Å²) in [6, 6.07) is 7.03. The molecule has 0 aliphatic carbocycles. The zero-order chi connectivity index (χ0) is 14.0. The fourth-order valence-electron chi connectivity index (χ4n) is 1.66. The molecule has 1 aromatic heterocycles. The van der Waals surface area contributed by atoms with Crippen LogP contribution in [0.5, 0.6) is 0 Å². The Morgan fingerprint density at radius 1 is 1.47 bits per heavy atom. The lowest BCUT2D eigenvalue weighted by atomic mass is 10.2. The van der Waals surface area contributed by atoms with E-state index in [0.717, 1.165) is 15.0 Å². The van der Waals surface area contributed by atoms with E-state index in [-0.39, 0.29) is 5.91 Å². The number of aryl methyl sites for hydroxylation is 1. The van der Waals surface area contributed by atoms with E-state index in [9.17, 15) is 4.79 Å². The average Bonchev–Trinajstić information content (AvgIpc) is 2.77. The van der Waals surface area contributed by atoms with Gasteiger partial charge in [0.15, 0.2) is 0 Å². The summed E-state index contributed by atoms with van der Waals surface area (Å²) in [6.45, 7) is 2.23. The van der Waals surface area contributed by atoms with Crippen LogP contribution in [0.3, 0.4) is 0 Å². The Hall–Kier alpha value is -1.08. The number of rotatable bonds is 3. The Kier molecular flexibility index (Phi) is 4.46. The first-order valence-electron chi connectivity index (χ1n) is 5.60. The van der Waals surface area contributed by atoms with Crippen molar-refractivity contribution < 1.29 is 9.32 Å². The van der Waals surface area contributed by atoms with Crippen LogP contribution in [-0.4, -0.2) is 23.0 Å². The van der Waals surface area contributed by atoms with E-state index in [0.29, 0.717) is 17.1 Å². The number of carbonyl (C=O) groups is 1. The molecule has 6 heteroatoms. The van der Waals surface area contributed by atoms with Gasteiger partial charge < -0.3 is 9.42 Å². The first-order valence-corrected chi connectivity index (χ1v) is 7.06. The molecule has 1 aromatic carbocycles. The molecular weight excluding hydrogens is 379 g/mol. The van der Waals surface area contributed by atoms with Crippen LogP contribution < -0.4 is 0 Å². The third-order valence-electron chi connectivity index (χ3n) is 2.59. The molecule has 0 atom stereocenters. The fraction of sp³-hybridized carbons (Fsp3) is 0.231. The van der Waals surface area contributed by atoms with Crippen molar-refractivity contribution in [2.75, 3.05) is 7.05 Å². The predicted octanol–water partition coefficient (Wildman–Crippen LogP) is 3.51. The summed E-state index contributed by atoms with van der Waals surface area (Å²) in [4.78, 5) is 13.8. The van der Waals surface area contributed by atoms with Gasteiger partial charge in [-0.3, -0.25) is 4.79 Å². The predicted molar refractivity (Wildman–Crippen MR) is 81.2 cm³/mol. The maximum atomic E-state index is 12.2. The topological polar surface area (TPSA) is 46.3 Å². The highest BCUT2D eigenvalue weighted by atomic mass is 127. The molecule has 0 unspecified atom stereocenters. The van der Waals surface area contributed by atoms with E-state index in [1.807, 2.05) is 13.0 Å². The van der Waals surface area contributed by atoms with Crippen molar-refractivity contribution >= 4 is 40.1 Å². The van der Waals surface area contributed by atoms with Crippen LogP contribution in [-0.2, 0) is 6.54 Å². The molecule has 100 valence electrons. The van der Waals surface area contributed by atoms with Gasteiger partial charge in [0.2, 0.25) is 0 Å². The summed E-state index contributed by atoms with van der Waals surface area (Å²) < 4.78 is 5.84. The number of nitrogens with zero attached hydrogens (tertiary/aromatic N) is 2. The molecule has 0 radical (unpaired) electrons. The lowest BCUT2D eigenvalue weighted by Gasteiger charge is -2.15. The Bertz CT molecular complexity index is 612. The van der Waals surface area contributed by atoms with Crippen LogP contribution in [0.25, 0.3) is 0 Å². The minimum atomic E-state index is -0.0739. The summed E-state index contributed by atoms with van der Waals surface area (Å²) in [5.74, 6) is 0.659. The molecule has 0 fully saturated rings. The molecule has 0 bridgehead atoms. The van der Waals surface area contributed by atoms with Gasteiger partial charge in [0.25, 0.3) is 5.91 Å². The Morgan fingerprint density at radius 3 is 2.79 bits per heavy atom. The molecule has 19 heavy (non-hydrogen) atoms. The van der Waals surface area contributed by atoms with Gasteiger partial charge in [-0.15, -0.1) is 0 Å². The van der Waals surface area contributed by atoms with Crippen molar-refractivity contribution in [3.63, 3.8) is 0 Å². The monoisotopic (exact) mass is 390 g/mol. The van der Waals surface area contributed by atoms with E-state index >= 15 is 0 Å². The second kappa shape index (κ2) is 5.92. The fourth-order valence-corrected chi connectivity index (χ4v) is 2.29. The summed E-state index contributed by atoms with van der Waals surface area (Å²) in [5, 5.41) is 4.52. The number of hydrogen-bond donors (Lipinski definition) is 0. The van der Waals surface area contributed by atoms with Crippen LogP contribution in [0.2, 0.25) is 5.02 Å². The first kappa shape index (κ1) is 14.3. The summed E-state index contributed by atoms with van der Waals surface area (Å²) >= 11 is 8.05. The van der Waals surface area contributed by atoms with Gasteiger partial charge in [0.1, 0.15) is 11.5 Å². The van der Waals surface area contributed by atoms with E-state index in [4.69, 9.17) is 16.1 Å². The molecule has 0 N–H and O–H groups in total. The number of carbonyl (C=O) groups excluding carboxylic acids is 1. The molecule has 0 aliphatic heterocycles. The first-order chi connectivity index (χ1) is 8.97. The van der Waals surface area contributed by atoms with E-state index in [2.05, 4.69) is 27.7 Å². The second-order valence-electron chi connectivity index (χ2n) is 4.22. The largest absolute Gasteiger partial charge is 0.361 e. The molecule has 1 heterocycles. The molecule has 2 rings (SSSR count). The highest BCUT2D eigenvalue weighted by Gasteiger charge is 2.14. The minimum Gasteiger partial charge on any atom is -0.361 e.